The fourth-order valence-corrected chi connectivity index (χ4v) is 3.14. The van der Waals surface area contributed by atoms with Crippen LogP contribution in [0.1, 0.15) is 4.88 Å². The molecule has 3 aromatic heterocycles. The molecule has 0 spiro atoms. The number of nitrogens with zero attached hydrogens (tertiary/aromatic N) is 2. The fraction of sp³-hybridized carbons (Fsp3) is 0.0833. The van der Waals surface area contributed by atoms with Crippen molar-refractivity contribution in [2.45, 2.75) is 6.92 Å². The zero-order valence-electron chi connectivity index (χ0n) is 9.14. The third-order valence-corrected chi connectivity index (χ3v) is 4.16. The summed E-state index contributed by atoms with van der Waals surface area (Å²) in [7, 11) is 0. The number of nitrogen functional groups attached to an aromatic ring is 1. The zero-order valence-corrected chi connectivity index (χ0v) is 11.5. The lowest BCUT2D eigenvalue weighted by Crippen LogP contribution is -1.91. The number of rotatable bonds is 1. The molecule has 0 saturated heterocycles. The molecule has 0 aromatic carbocycles. The van der Waals surface area contributed by atoms with Crippen LogP contribution in [0.4, 0.5) is 5.69 Å². The number of aryl methyl sites for hydroxylation is 1. The van der Waals surface area contributed by atoms with E-state index in [4.69, 9.17) is 5.73 Å². The van der Waals surface area contributed by atoms with Gasteiger partial charge in [0.05, 0.1) is 10.4 Å². The Bertz CT molecular complexity index is 699. The number of nitrogens with two attached hydrogens (primary N) is 1. The largest absolute Gasteiger partial charge is 0.398 e. The Balaban J connectivity index is 2.33. The van der Waals surface area contributed by atoms with Gasteiger partial charge in [0.15, 0.2) is 5.82 Å². The minimum absolute atomic E-state index is 0.733. The van der Waals surface area contributed by atoms with Crippen LogP contribution >= 0.6 is 27.3 Å². The predicted octanol–water partition coefficient (Wildman–Crippen LogP) is 3.72. The van der Waals surface area contributed by atoms with Gasteiger partial charge in [-0.25, -0.2) is 4.98 Å². The van der Waals surface area contributed by atoms with E-state index >= 15 is 0 Å². The minimum atomic E-state index is 0.733. The first-order chi connectivity index (χ1) is 8.15. The van der Waals surface area contributed by atoms with Crippen LogP contribution in [0.5, 0.6) is 0 Å². The van der Waals surface area contributed by atoms with Crippen LogP contribution in [0.2, 0.25) is 0 Å². The molecule has 86 valence electrons. The van der Waals surface area contributed by atoms with Gasteiger partial charge in [0.1, 0.15) is 4.60 Å². The molecule has 17 heavy (non-hydrogen) atoms. The highest BCUT2D eigenvalue weighted by atomic mass is 79.9. The maximum Gasteiger partial charge on any atom is 0.156 e. The van der Waals surface area contributed by atoms with Crippen LogP contribution in [-0.4, -0.2) is 9.38 Å². The number of aromatic nitrogens is 2. The summed E-state index contributed by atoms with van der Waals surface area (Å²) >= 11 is 5.21. The van der Waals surface area contributed by atoms with E-state index in [2.05, 4.69) is 40.0 Å². The number of fused-ring (bicyclic) bond motifs is 1. The van der Waals surface area contributed by atoms with Crippen molar-refractivity contribution < 1.29 is 0 Å². The molecular weight excluding hydrogens is 298 g/mol. The highest BCUT2D eigenvalue weighted by Crippen LogP contribution is 2.31. The summed E-state index contributed by atoms with van der Waals surface area (Å²) in [6, 6.07) is 8.04. The summed E-state index contributed by atoms with van der Waals surface area (Å²) in [6.45, 7) is 2.09. The van der Waals surface area contributed by atoms with Crippen LogP contribution in [0.15, 0.2) is 35.1 Å². The number of thiophene rings is 1. The molecule has 0 radical (unpaired) electrons. The van der Waals surface area contributed by atoms with E-state index in [9.17, 15) is 0 Å². The monoisotopic (exact) mass is 307 g/mol. The van der Waals surface area contributed by atoms with Gasteiger partial charge in [0.2, 0.25) is 0 Å². The number of hydrogen-bond acceptors (Lipinski definition) is 3. The highest BCUT2D eigenvalue weighted by molar-refractivity contribution is 9.10. The molecule has 0 bridgehead atoms. The molecule has 0 unspecified atom stereocenters. The molecule has 3 heterocycles. The van der Waals surface area contributed by atoms with Crippen molar-refractivity contribution in [2.24, 2.45) is 0 Å². The Morgan fingerprint density at radius 3 is 2.82 bits per heavy atom. The van der Waals surface area contributed by atoms with Crippen molar-refractivity contribution in [1.29, 1.82) is 0 Å². The Morgan fingerprint density at radius 1 is 1.29 bits per heavy atom. The van der Waals surface area contributed by atoms with Gasteiger partial charge < -0.3 is 5.73 Å². The van der Waals surface area contributed by atoms with E-state index in [0.717, 1.165) is 26.5 Å². The summed E-state index contributed by atoms with van der Waals surface area (Å²) in [6.07, 6.45) is 1.90. The number of halogens is 1. The molecule has 0 fully saturated rings. The minimum Gasteiger partial charge on any atom is -0.398 e. The number of hydrogen-bond donors (Lipinski definition) is 1. The molecule has 3 aromatic rings. The molecule has 0 aliphatic heterocycles. The van der Waals surface area contributed by atoms with E-state index in [0.29, 0.717) is 0 Å². The van der Waals surface area contributed by atoms with E-state index in [-0.39, 0.29) is 0 Å². The van der Waals surface area contributed by atoms with Gasteiger partial charge in [-0.1, -0.05) is 0 Å². The van der Waals surface area contributed by atoms with E-state index in [1.165, 1.54) is 4.88 Å². The third kappa shape index (κ3) is 1.75. The number of imidazole rings is 1. The van der Waals surface area contributed by atoms with Crippen LogP contribution in [0.3, 0.4) is 0 Å². The fourth-order valence-electron chi connectivity index (χ4n) is 1.79. The van der Waals surface area contributed by atoms with Gasteiger partial charge in [-0.3, -0.25) is 4.40 Å². The first-order valence-electron chi connectivity index (χ1n) is 5.15. The van der Waals surface area contributed by atoms with Gasteiger partial charge in [-0.05, 0) is 47.1 Å². The molecule has 0 amide bonds. The molecule has 3 rings (SSSR count). The van der Waals surface area contributed by atoms with E-state index in [1.54, 1.807) is 11.3 Å². The van der Waals surface area contributed by atoms with Crippen molar-refractivity contribution in [3.8, 4) is 10.7 Å². The van der Waals surface area contributed by atoms with E-state index in [1.807, 2.05) is 22.7 Å². The second-order valence-electron chi connectivity index (χ2n) is 3.85. The summed E-state index contributed by atoms with van der Waals surface area (Å²) in [5.74, 6) is 0.928. The maximum atomic E-state index is 5.82. The topological polar surface area (TPSA) is 43.3 Å². The van der Waals surface area contributed by atoms with Gasteiger partial charge in [-0.15, -0.1) is 11.3 Å². The lowest BCUT2D eigenvalue weighted by atomic mass is 10.3. The lowest BCUT2D eigenvalue weighted by Gasteiger charge is -1.99. The van der Waals surface area contributed by atoms with Crippen molar-refractivity contribution >= 4 is 38.5 Å². The summed E-state index contributed by atoms with van der Waals surface area (Å²) in [5.41, 5.74) is 7.59. The highest BCUT2D eigenvalue weighted by Gasteiger charge is 2.12. The molecule has 0 aliphatic carbocycles. The average Bonchev–Trinajstić information content (AvgIpc) is 2.83. The van der Waals surface area contributed by atoms with Crippen LogP contribution < -0.4 is 5.73 Å². The Labute approximate surface area is 111 Å². The second-order valence-corrected chi connectivity index (χ2v) is 5.89. The number of anilines is 1. The average molecular weight is 308 g/mol. The first kappa shape index (κ1) is 10.8. The van der Waals surface area contributed by atoms with Crippen LogP contribution in [0.25, 0.3) is 16.2 Å². The molecule has 3 nitrogen and oxygen atoms in total. The van der Waals surface area contributed by atoms with Gasteiger partial charge in [0, 0.05) is 16.8 Å². The van der Waals surface area contributed by atoms with Gasteiger partial charge in [0.25, 0.3) is 0 Å². The molecule has 0 aliphatic rings. The summed E-state index contributed by atoms with van der Waals surface area (Å²) in [5, 5.41) is 0. The molecule has 2 N–H and O–H groups in total. The maximum absolute atomic E-state index is 5.82. The van der Waals surface area contributed by atoms with Crippen molar-refractivity contribution in [3.05, 3.63) is 39.9 Å². The van der Waals surface area contributed by atoms with Crippen molar-refractivity contribution in [1.82, 2.24) is 9.38 Å². The molecule has 0 saturated carbocycles. The van der Waals surface area contributed by atoms with Crippen molar-refractivity contribution in [2.75, 3.05) is 5.73 Å². The number of pyridine rings is 1. The van der Waals surface area contributed by atoms with Crippen LogP contribution in [-0.2, 0) is 0 Å². The summed E-state index contributed by atoms with van der Waals surface area (Å²) < 4.78 is 2.86. The normalized spacial score (nSPS) is 11.2. The van der Waals surface area contributed by atoms with Crippen LogP contribution in [0, 0.1) is 6.92 Å². The smallest absolute Gasteiger partial charge is 0.156 e. The zero-order chi connectivity index (χ0) is 12.0. The van der Waals surface area contributed by atoms with Gasteiger partial charge in [-0.2, -0.15) is 0 Å². The summed E-state index contributed by atoms with van der Waals surface area (Å²) in [4.78, 5) is 6.97. The molecular formula is C12H10BrN3S. The Morgan fingerprint density at radius 2 is 2.12 bits per heavy atom. The first-order valence-corrected chi connectivity index (χ1v) is 6.76. The molecule has 0 atom stereocenters. The SMILES string of the molecule is Cc1ccc(-c2nc(Br)c3ccc(N)cn23)s1. The lowest BCUT2D eigenvalue weighted by molar-refractivity contribution is 1.17. The van der Waals surface area contributed by atoms with Crippen molar-refractivity contribution in [3.63, 3.8) is 0 Å². The van der Waals surface area contributed by atoms with E-state index < -0.39 is 0 Å². The Kier molecular flexibility index (Phi) is 2.45. The molecule has 5 heteroatoms. The quantitative estimate of drug-likeness (QED) is 0.744. The standard InChI is InChI=1S/C12H10BrN3S/c1-7-2-5-10(17-7)12-15-11(13)9-4-3-8(14)6-16(9)12/h2-6H,14H2,1H3. The van der Waals surface area contributed by atoms with Gasteiger partial charge >= 0.3 is 0 Å². The Hall–Kier alpha value is -1.33. The second kappa shape index (κ2) is 3.85. The third-order valence-electron chi connectivity index (χ3n) is 2.58. The predicted molar refractivity (Wildman–Crippen MR) is 75.4 cm³/mol.